The highest BCUT2D eigenvalue weighted by Crippen LogP contribution is 2.27. The van der Waals surface area contributed by atoms with Crippen LogP contribution in [0, 0.1) is 12.3 Å². The number of aliphatic hydroxyl groups excluding tert-OH is 1. The minimum atomic E-state index is -0.0744. The Bertz CT molecular complexity index is 396. The molecule has 0 aliphatic rings. The number of aliphatic hydroxyl groups is 1. The second-order valence-electron chi connectivity index (χ2n) is 6.38. The minimum absolute atomic E-state index is 0.0744. The summed E-state index contributed by atoms with van der Waals surface area (Å²) in [5, 5.41) is 9.38. The monoisotopic (exact) mass is 249 g/mol. The second-order valence-corrected chi connectivity index (χ2v) is 6.38. The molecule has 102 valence electrons. The number of hydrogen-bond acceptors (Lipinski definition) is 2. The van der Waals surface area contributed by atoms with Crippen LogP contribution in [0.25, 0.3) is 0 Å². The number of rotatable bonds is 5. The number of benzene rings is 1. The van der Waals surface area contributed by atoms with E-state index < -0.39 is 0 Å². The van der Waals surface area contributed by atoms with Crippen molar-refractivity contribution < 1.29 is 5.11 Å². The Morgan fingerprint density at radius 1 is 1.28 bits per heavy atom. The van der Waals surface area contributed by atoms with Crippen LogP contribution in [0.1, 0.15) is 44.7 Å². The van der Waals surface area contributed by atoms with Crippen LogP contribution in [0.3, 0.4) is 0 Å². The summed E-state index contributed by atoms with van der Waals surface area (Å²) >= 11 is 0. The van der Waals surface area contributed by atoms with Crippen molar-refractivity contribution in [2.75, 3.05) is 25.1 Å². The van der Waals surface area contributed by atoms with E-state index in [1.807, 2.05) is 0 Å². The standard InChI is InChI=1S/C16H27NO/c1-12(2)14-8-7-13(3)15(9-14)17(6)10-16(4,5)11-18/h7-9,12,18H,10-11H2,1-6H3. The lowest BCUT2D eigenvalue weighted by molar-refractivity contribution is 0.165. The molecule has 0 bridgehead atoms. The molecule has 0 aliphatic heterocycles. The van der Waals surface area contributed by atoms with Gasteiger partial charge >= 0.3 is 0 Å². The molecule has 0 unspecified atom stereocenters. The van der Waals surface area contributed by atoms with E-state index in [4.69, 9.17) is 0 Å². The van der Waals surface area contributed by atoms with Gasteiger partial charge in [-0.05, 0) is 30.0 Å². The average molecular weight is 249 g/mol. The van der Waals surface area contributed by atoms with Crippen molar-refractivity contribution in [3.05, 3.63) is 29.3 Å². The quantitative estimate of drug-likeness (QED) is 0.862. The molecule has 0 saturated carbocycles. The number of hydrogen-bond donors (Lipinski definition) is 1. The summed E-state index contributed by atoms with van der Waals surface area (Å²) in [7, 11) is 2.10. The van der Waals surface area contributed by atoms with Crippen LogP contribution in [0.4, 0.5) is 5.69 Å². The van der Waals surface area contributed by atoms with Gasteiger partial charge in [-0.15, -0.1) is 0 Å². The average Bonchev–Trinajstić information content (AvgIpc) is 2.28. The Morgan fingerprint density at radius 2 is 1.89 bits per heavy atom. The zero-order chi connectivity index (χ0) is 13.9. The molecule has 0 atom stereocenters. The highest BCUT2D eigenvalue weighted by molar-refractivity contribution is 5.55. The van der Waals surface area contributed by atoms with E-state index in [9.17, 15) is 5.11 Å². The Morgan fingerprint density at radius 3 is 2.39 bits per heavy atom. The summed E-state index contributed by atoms with van der Waals surface area (Å²) in [6, 6.07) is 6.66. The highest BCUT2D eigenvalue weighted by atomic mass is 16.3. The third-order valence-corrected chi connectivity index (χ3v) is 3.40. The number of anilines is 1. The molecule has 1 aromatic rings. The molecule has 2 nitrogen and oxygen atoms in total. The van der Waals surface area contributed by atoms with Gasteiger partial charge in [-0.2, -0.15) is 0 Å². The maximum atomic E-state index is 9.38. The zero-order valence-electron chi connectivity index (χ0n) is 12.6. The van der Waals surface area contributed by atoms with Gasteiger partial charge in [0.05, 0.1) is 0 Å². The van der Waals surface area contributed by atoms with Gasteiger partial charge in [0.1, 0.15) is 0 Å². The third-order valence-electron chi connectivity index (χ3n) is 3.40. The summed E-state index contributed by atoms with van der Waals surface area (Å²) in [6.45, 7) is 11.8. The lowest BCUT2D eigenvalue weighted by atomic mass is 9.93. The normalized spacial score (nSPS) is 12.0. The Balaban J connectivity index is 2.97. The summed E-state index contributed by atoms with van der Waals surface area (Å²) in [5.74, 6) is 0.545. The van der Waals surface area contributed by atoms with Crippen LogP contribution >= 0.6 is 0 Å². The fourth-order valence-electron chi connectivity index (χ4n) is 2.17. The van der Waals surface area contributed by atoms with Crippen LogP contribution in [0.15, 0.2) is 18.2 Å². The molecule has 0 aromatic heterocycles. The predicted molar refractivity (Wildman–Crippen MR) is 79.4 cm³/mol. The molecule has 0 fully saturated rings. The summed E-state index contributed by atoms with van der Waals surface area (Å²) in [6.07, 6.45) is 0. The molecular weight excluding hydrogens is 222 g/mol. The second kappa shape index (κ2) is 5.75. The summed E-state index contributed by atoms with van der Waals surface area (Å²) in [4.78, 5) is 2.25. The highest BCUT2D eigenvalue weighted by Gasteiger charge is 2.20. The molecule has 0 radical (unpaired) electrons. The van der Waals surface area contributed by atoms with E-state index in [0.717, 1.165) is 6.54 Å². The third kappa shape index (κ3) is 3.74. The van der Waals surface area contributed by atoms with Crippen molar-refractivity contribution in [1.82, 2.24) is 0 Å². The molecule has 2 heteroatoms. The van der Waals surface area contributed by atoms with Crippen molar-refractivity contribution in [3.8, 4) is 0 Å². The molecular formula is C16H27NO. The molecule has 0 aliphatic carbocycles. The van der Waals surface area contributed by atoms with Crippen molar-refractivity contribution in [2.24, 2.45) is 5.41 Å². The van der Waals surface area contributed by atoms with Crippen molar-refractivity contribution in [3.63, 3.8) is 0 Å². The van der Waals surface area contributed by atoms with Gasteiger partial charge in [0.25, 0.3) is 0 Å². The lowest BCUT2D eigenvalue weighted by Crippen LogP contribution is -2.34. The van der Waals surface area contributed by atoms with Gasteiger partial charge in [0.15, 0.2) is 0 Å². The van der Waals surface area contributed by atoms with Crippen LogP contribution in [0.5, 0.6) is 0 Å². The van der Waals surface area contributed by atoms with Gasteiger partial charge in [-0.3, -0.25) is 0 Å². The Labute approximate surface area is 112 Å². The summed E-state index contributed by atoms with van der Waals surface area (Å²) in [5.41, 5.74) is 3.84. The Kier molecular flexibility index (Phi) is 4.80. The van der Waals surface area contributed by atoms with Crippen molar-refractivity contribution >= 4 is 5.69 Å². The minimum Gasteiger partial charge on any atom is -0.396 e. The predicted octanol–water partition coefficient (Wildman–Crippen LogP) is 3.57. The van der Waals surface area contributed by atoms with E-state index in [-0.39, 0.29) is 12.0 Å². The van der Waals surface area contributed by atoms with Gasteiger partial charge in [0, 0.05) is 31.3 Å². The first kappa shape index (κ1) is 15.0. The van der Waals surface area contributed by atoms with E-state index >= 15 is 0 Å². The maximum absolute atomic E-state index is 9.38. The first-order valence-electron chi connectivity index (χ1n) is 6.69. The smallest absolute Gasteiger partial charge is 0.0499 e. The molecule has 1 rings (SSSR count). The first-order valence-corrected chi connectivity index (χ1v) is 6.69. The van der Waals surface area contributed by atoms with Crippen molar-refractivity contribution in [1.29, 1.82) is 0 Å². The van der Waals surface area contributed by atoms with E-state index in [2.05, 4.69) is 64.8 Å². The maximum Gasteiger partial charge on any atom is 0.0499 e. The molecule has 0 amide bonds. The molecule has 0 saturated heterocycles. The van der Waals surface area contributed by atoms with Crippen molar-refractivity contribution in [2.45, 2.75) is 40.5 Å². The summed E-state index contributed by atoms with van der Waals surface area (Å²) < 4.78 is 0. The largest absolute Gasteiger partial charge is 0.396 e. The van der Waals surface area contributed by atoms with E-state index in [1.54, 1.807) is 0 Å². The molecule has 1 N–H and O–H groups in total. The van der Waals surface area contributed by atoms with E-state index in [0.29, 0.717) is 5.92 Å². The fraction of sp³-hybridized carbons (Fsp3) is 0.625. The van der Waals surface area contributed by atoms with Gasteiger partial charge < -0.3 is 10.0 Å². The van der Waals surface area contributed by atoms with Crippen LogP contribution in [-0.2, 0) is 0 Å². The molecule has 18 heavy (non-hydrogen) atoms. The first-order chi connectivity index (χ1) is 8.26. The zero-order valence-corrected chi connectivity index (χ0v) is 12.6. The molecule has 1 aromatic carbocycles. The van der Waals surface area contributed by atoms with Crippen LogP contribution < -0.4 is 4.90 Å². The van der Waals surface area contributed by atoms with Gasteiger partial charge in [0.2, 0.25) is 0 Å². The van der Waals surface area contributed by atoms with Gasteiger partial charge in [-0.1, -0.05) is 39.8 Å². The van der Waals surface area contributed by atoms with E-state index in [1.165, 1.54) is 16.8 Å². The van der Waals surface area contributed by atoms with Crippen LogP contribution in [0.2, 0.25) is 0 Å². The topological polar surface area (TPSA) is 23.5 Å². The fourth-order valence-corrected chi connectivity index (χ4v) is 2.17. The van der Waals surface area contributed by atoms with Crippen LogP contribution in [-0.4, -0.2) is 25.3 Å². The number of aryl methyl sites for hydroxylation is 1. The molecule has 0 spiro atoms. The molecule has 0 heterocycles. The SMILES string of the molecule is Cc1ccc(C(C)C)cc1N(C)CC(C)(C)CO. The Hall–Kier alpha value is -1.02. The van der Waals surface area contributed by atoms with Gasteiger partial charge in [-0.25, -0.2) is 0 Å². The lowest BCUT2D eigenvalue weighted by Gasteiger charge is -2.31. The number of nitrogens with zero attached hydrogens (tertiary/aromatic N) is 1.